The van der Waals surface area contributed by atoms with Crippen molar-refractivity contribution in [3.63, 3.8) is 0 Å². The molecule has 1 aliphatic rings. The Morgan fingerprint density at radius 3 is 2.65 bits per heavy atom. The molecule has 1 rings (SSSR count). The second kappa shape index (κ2) is 5.37. The molecule has 2 unspecified atom stereocenters. The minimum Gasteiger partial charge on any atom is -0.444 e. The molecular formula is C12H20N2O3. The average molecular weight is 240 g/mol. The molecule has 5 heteroatoms. The normalized spacial score (nSPS) is 25.2. The lowest BCUT2D eigenvalue weighted by Crippen LogP contribution is -2.46. The van der Waals surface area contributed by atoms with Gasteiger partial charge in [-0.25, -0.2) is 4.79 Å². The van der Waals surface area contributed by atoms with Crippen LogP contribution < -0.4 is 0 Å². The van der Waals surface area contributed by atoms with Crippen molar-refractivity contribution in [1.29, 1.82) is 5.26 Å². The number of hydrogen-bond acceptors (Lipinski definition) is 4. The number of piperidine rings is 1. The minimum atomic E-state index is -0.536. The lowest BCUT2D eigenvalue weighted by Gasteiger charge is -2.35. The number of carbonyl (C=O) groups excluding carboxylic acids is 1. The first kappa shape index (κ1) is 13.8. The summed E-state index contributed by atoms with van der Waals surface area (Å²) in [5, 5.41) is 18.1. The van der Waals surface area contributed by atoms with Gasteiger partial charge in [-0.3, -0.25) is 0 Å². The predicted molar refractivity (Wildman–Crippen MR) is 62.1 cm³/mol. The third kappa shape index (κ3) is 4.23. The van der Waals surface area contributed by atoms with Crippen LogP contribution in [-0.2, 0) is 4.74 Å². The van der Waals surface area contributed by atoms with Gasteiger partial charge in [-0.15, -0.1) is 0 Å². The number of hydrogen-bond donors (Lipinski definition) is 1. The first-order chi connectivity index (χ1) is 7.85. The van der Waals surface area contributed by atoms with Crippen LogP contribution in [0.4, 0.5) is 4.79 Å². The zero-order chi connectivity index (χ0) is 13.1. The van der Waals surface area contributed by atoms with Crippen molar-refractivity contribution in [1.82, 2.24) is 4.90 Å². The van der Waals surface area contributed by atoms with Gasteiger partial charge in [0.15, 0.2) is 0 Å². The highest BCUT2D eigenvalue weighted by atomic mass is 16.6. The monoisotopic (exact) mass is 240 g/mol. The van der Waals surface area contributed by atoms with E-state index in [2.05, 4.69) is 6.07 Å². The van der Waals surface area contributed by atoms with Gasteiger partial charge in [0, 0.05) is 25.6 Å². The number of rotatable bonds is 1. The largest absolute Gasteiger partial charge is 0.444 e. The summed E-state index contributed by atoms with van der Waals surface area (Å²) < 4.78 is 5.26. The topological polar surface area (TPSA) is 73.6 Å². The van der Waals surface area contributed by atoms with E-state index in [4.69, 9.17) is 15.1 Å². The van der Waals surface area contributed by atoms with E-state index in [-0.39, 0.29) is 18.4 Å². The minimum absolute atomic E-state index is 0.00250. The molecule has 1 heterocycles. The van der Waals surface area contributed by atoms with Crippen LogP contribution in [0.1, 0.15) is 27.2 Å². The fourth-order valence-electron chi connectivity index (χ4n) is 1.91. The highest BCUT2D eigenvalue weighted by molar-refractivity contribution is 5.68. The van der Waals surface area contributed by atoms with Crippen LogP contribution in [0.5, 0.6) is 0 Å². The Labute approximate surface area is 102 Å². The summed E-state index contributed by atoms with van der Waals surface area (Å²) >= 11 is 0. The first-order valence-corrected chi connectivity index (χ1v) is 5.84. The maximum absolute atomic E-state index is 11.8. The summed E-state index contributed by atoms with van der Waals surface area (Å²) in [6, 6.07) is 2.16. The van der Waals surface area contributed by atoms with E-state index >= 15 is 0 Å². The zero-order valence-electron chi connectivity index (χ0n) is 10.6. The van der Waals surface area contributed by atoms with E-state index < -0.39 is 11.7 Å². The quantitative estimate of drug-likeness (QED) is 0.751. The first-order valence-electron chi connectivity index (χ1n) is 5.84. The van der Waals surface area contributed by atoms with Crippen LogP contribution in [0.2, 0.25) is 0 Å². The summed E-state index contributed by atoms with van der Waals surface area (Å²) in [4.78, 5) is 13.4. The number of amides is 1. The average Bonchev–Trinajstić information content (AvgIpc) is 2.26. The highest BCUT2D eigenvalue weighted by Crippen LogP contribution is 2.22. The van der Waals surface area contributed by atoms with Gasteiger partial charge in [0.2, 0.25) is 0 Å². The Bertz CT molecular complexity index is 317. The number of aliphatic hydroxyl groups is 1. The fraction of sp³-hybridized carbons (Fsp3) is 0.833. The molecule has 2 atom stereocenters. The number of carbonyl (C=O) groups is 1. The highest BCUT2D eigenvalue weighted by Gasteiger charge is 2.32. The maximum atomic E-state index is 11.8. The number of nitrogens with zero attached hydrogens (tertiary/aromatic N) is 2. The molecule has 17 heavy (non-hydrogen) atoms. The van der Waals surface area contributed by atoms with Crippen molar-refractivity contribution in [3.05, 3.63) is 0 Å². The van der Waals surface area contributed by atoms with Crippen LogP contribution >= 0.6 is 0 Å². The molecule has 0 radical (unpaired) electrons. The molecule has 1 aliphatic heterocycles. The van der Waals surface area contributed by atoms with Gasteiger partial charge in [-0.1, -0.05) is 0 Å². The molecule has 0 bridgehead atoms. The molecule has 5 nitrogen and oxygen atoms in total. The Morgan fingerprint density at radius 2 is 2.18 bits per heavy atom. The number of ether oxygens (including phenoxy) is 1. The van der Waals surface area contributed by atoms with Gasteiger partial charge in [0.25, 0.3) is 0 Å². The Balaban J connectivity index is 2.63. The van der Waals surface area contributed by atoms with Crippen molar-refractivity contribution in [2.75, 3.05) is 19.7 Å². The molecule has 1 amide bonds. The van der Waals surface area contributed by atoms with Crippen LogP contribution in [0.3, 0.4) is 0 Å². The van der Waals surface area contributed by atoms with Crippen LogP contribution in [-0.4, -0.2) is 41.4 Å². The number of likely N-dealkylation sites (tertiary alicyclic amines) is 1. The van der Waals surface area contributed by atoms with Gasteiger partial charge >= 0.3 is 6.09 Å². The molecule has 0 spiro atoms. The van der Waals surface area contributed by atoms with E-state index in [0.717, 1.165) is 0 Å². The Kier molecular flexibility index (Phi) is 4.35. The molecule has 0 aromatic rings. The Morgan fingerprint density at radius 1 is 1.53 bits per heavy atom. The summed E-state index contributed by atoms with van der Waals surface area (Å²) in [6.07, 6.45) is 0.239. The molecular weight excluding hydrogens is 220 g/mol. The summed E-state index contributed by atoms with van der Waals surface area (Å²) in [5.74, 6) is -0.241. The molecule has 1 saturated heterocycles. The van der Waals surface area contributed by atoms with E-state index in [1.165, 1.54) is 4.90 Å². The van der Waals surface area contributed by atoms with Gasteiger partial charge in [-0.2, -0.15) is 5.26 Å². The maximum Gasteiger partial charge on any atom is 0.410 e. The molecule has 0 aromatic heterocycles. The lowest BCUT2D eigenvalue weighted by atomic mass is 9.91. The van der Waals surface area contributed by atoms with Gasteiger partial charge < -0.3 is 14.7 Å². The third-order valence-electron chi connectivity index (χ3n) is 2.63. The van der Waals surface area contributed by atoms with E-state index in [9.17, 15) is 4.79 Å². The van der Waals surface area contributed by atoms with Crippen LogP contribution in [0.25, 0.3) is 0 Å². The van der Waals surface area contributed by atoms with Crippen molar-refractivity contribution in [2.24, 2.45) is 11.8 Å². The molecule has 96 valence electrons. The van der Waals surface area contributed by atoms with E-state index in [1.54, 1.807) is 20.8 Å². The molecule has 0 saturated carbocycles. The van der Waals surface area contributed by atoms with E-state index in [1.807, 2.05) is 0 Å². The number of nitriles is 1. The van der Waals surface area contributed by atoms with Gasteiger partial charge in [0.1, 0.15) is 5.60 Å². The summed E-state index contributed by atoms with van der Waals surface area (Å²) in [6.45, 7) is 6.27. The molecule has 1 N–H and O–H groups in total. The van der Waals surface area contributed by atoms with Crippen molar-refractivity contribution in [2.45, 2.75) is 32.8 Å². The number of aliphatic hydroxyl groups excluding tert-OH is 1. The molecule has 1 fully saturated rings. The van der Waals surface area contributed by atoms with Crippen molar-refractivity contribution in [3.8, 4) is 6.07 Å². The summed E-state index contributed by atoms with van der Waals surface area (Å²) in [5.41, 5.74) is -0.536. The van der Waals surface area contributed by atoms with Gasteiger partial charge in [-0.05, 0) is 27.2 Å². The summed E-state index contributed by atoms with van der Waals surface area (Å²) in [7, 11) is 0. The standard InChI is InChI=1S/C12H20N2O3/c1-12(2,3)17-11(16)14-6-9(5-13)4-10(7-14)8-15/h9-10,15H,4,6-8H2,1-3H3. The smallest absolute Gasteiger partial charge is 0.410 e. The second-order valence-corrected chi connectivity index (χ2v) is 5.50. The van der Waals surface area contributed by atoms with Gasteiger partial charge in [0.05, 0.1) is 12.0 Å². The third-order valence-corrected chi connectivity index (χ3v) is 2.63. The SMILES string of the molecule is CC(C)(C)OC(=O)N1CC(C#N)CC(CO)C1. The van der Waals surface area contributed by atoms with Crippen LogP contribution in [0, 0.1) is 23.2 Å². The van der Waals surface area contributed by atoms with Crippen LogP contribution in [0.15, 0.2) is 0 Å². The lowest BCUT2D eigenvalue weighted by molar-refractivity contribution is 0.00883. The van der Waals surface area contributed by atoms with E-state index in [0.29, 0.717) is 19.5 Å². The molecule has 0 aliphatic carbocycles. The van der Waals surface area contributed by atoms with Crippen molar-refractivity contribution < 1.29 is 14.6 Å². The predicted octanol–water partition coefficient (Wildman–Crippen LogP) is 1.38. The fourth-order valence-corrected chi connectivity index (χ4v) is 1.91. The Hall–Kier alpha value is -1.28. The van der Waals surface area contributed by atoms with Crippen molar-refractivity contribution >= 4 is 6.09 Å². The zero-order valence-corrected chi connectivity index (χ0v) is 10.6. The molecule has 0 aromatic carbocycles. The second-order valence-electron chi connectivity index (χ2n) is 5.50.